The second-order valence-electron chi connectivity index (χ2n) is 5.96. The van der Waals surface area contributed by atoms with E-state index in [4.69, 9.17) is 5.11 Å². The minimum atomic E-state index is -0.858. The van der Waals surface area contributed by atoms with Crippen LogP contribution in [0.3, 0.4) is 0 Å². The lowest BCUT2D eigenvalue weighted by molar-refractivity contribution is 0.0696. The maximum Gasteiger partial charge on any atom is 0.335 e. The van der Waals surface area contributed by atoms with E-state index < -0.39 is 5.97 Å². The number of carbonyl (C=O) groups is 1. The Labute approximate surface area is 122 Å². The van der Waals surface area contributed by atoms with Crippen molar-refractivity contribution in [2.75, 3.05) is 0 Å². The van der Waals surface area contributed by atoms with Crippen molar-refractivity contribution in [1.29, 1.82) is 0 Å². The van der Waals surface area contributed by atoms with Crippen LogP contribution in [0.4, 0.5) is 0 Å². The molecule has 0 spiro atoms. The van der Waals surface area contributed by atoms with Gasteiger partial charge < -0.3 is 9.67 Å². The largest absolute Gasteiger partial charge is 0.478 e. The van der Waals surface area contributed by atoms with Crippen molar-refractivity contribution in [3.8, 4) is 0 Å². The van der Waals surface area contributed by atoms with Gasteiger partial charge in [-0.15, -0.1) is 0 Å². The third-order valence-corrected chi connectivity index (χ3v) is 4.31. The molecule has 21 heavy (non-hydrogen) atoms. The van der Waals surface area contributed by atoms with Crippen LogP contribution in [0.2, 0.25) is 0 Å². The van der Waals surface area contributed by atoms with E-state index >= 15 is 0 Å². The number of carboxylic acid groups (broad SMARTS) is 1. The van der Waals surface area contributed by atoms with E-state index in [-0.39, 0.29) is 0 Å². The number of benzene rings is 1. The number of aromatic nitrogens is 2. The molecule has 2 aromatic rings. The molecule has 2 aliphatic rings. The maximum atomic E-state index is 11.0. The van der Waals surface area contributed by atoms with E-state index in [9.17, 15) is 4.79 Å². The number of hydrogen-bond donors (Lipinski definition) is 1. The Bertz CT molecular complexity index is 703. The fourth-order valence-electron chi connectivity index (χ4n) is 3.07. The Morgan fingerprint density at radius 1 is 1.29 bits per heavy atom. The van der Waals surface area contributed by atoms with Crippen molar-refractivity contribution in [3.63, 3.8) is 0 Å². The lowest BCUT2D eigenvalue weighted by Crippen LogP contribution is -2.17. The molecule has 1 fully saturated rings. The van der Waals surface area contributed by atoms with Crippen LogP contribution in [-0.4, -0.2) is 25.5 Å². The smallest absolute Gasteiger partial charge is 0.335 e. The van der Waals surface area contributed by atoms with Crippen LogP contribution in [0.1, 0.15) is 46.1 Å². The van der Waals surface area contributed by atoms with Gasteiger partial charge in [0.25, 0.3) is 0 Å². The molecule has 5 heteroatoms. The Morgan fingerprint density at radius 3 is 2.86 bits per heavy atom. The van der Waals surface area contributed by atoms with Gasteiger partial charge in [0, 0.05) is 31.9 Å². The van der Waals surface area contributed by atoms with Gasteiger partial charge in [-0.2, -0.15) is 0 Å². The van der Waals surface area contributed by atoms with E-state index in [0.717, 1.165) is 25.2 Å². The Morgan fingerprint density at radius 2 is 2.10 bits per heavy atom. The third kappa shape index (κ3) is 2.34. The lowest BCUT2D eigenvalue weighted by atomic mass is 10.1. The fraction of sp³-hybridized carbons (Fsp3) is 0.375. The lowest BCUT2D eigenvalue weighted by Gasteiger charge is -2.16. The fourth-order valence-corrected chi connectivity index (χ4v) is 3.07. The van der Waals surface area contributed by atoms with Gasteiger partial charge in [-0.25, -0.2) is 9.78 Å². The van der Waals surface area contributed by atoms with E-state index in [1.165, 1.54) is 24.1 Å². The molecule has 4 rings (SSSR count). The molecule has 1 aliphatic carbocycles. The summed E-state index contributed by atoms with van der Waals surface area (Å²) in [6, 6.07) is 6.08. The van der Waals surface area contributed by atoms with Crippen LogP contribution >= 0.6 is 0 Å². The first-order valence-corrected chi connectivity index (χ1v) is 7.29. The molecular formula is C16H17N3O2. The summed E-state index contributed by atoms with van der Waals surface area (Å²) in [4.78, 5) is 17.6. The number of aromatic carboxylic acids is 1. The number of nitrogens with zero attached hydrogens (tertiary/aromatic N) is 3. The highest BCUT2D eigenvalue weighted by molar-refractivity contribution is 5.87. The van der Waals surface area contributed by atoms with Crippen molar-refractivity contribution < 1.29 is 9.90 Å². The highest BCUT2D eigenvalue weighted by atomic mass is 16.4. The minimum Gasteiger partial charge on any atom is -0.478 e. The summed E-state index contributed by atoms with van der Waals surface area (Å²) in [7, 11) is 0. The highest BCUT2D eigenvalue weighted by Crippen LogP contribution is 2.36. The van der Waals surface area contributed by atoms with Crippen LogP contribution in [0.25, 0.3) is 0 Å². The molecule has 5 nitrogen and oxygen atoms in total. The van der Waals surface area contributed by atoms with Crippen LogP contribution < -0.4 is 0 Å². The predicted octanol–water partition coefficient (Wildman–Crippen LogP) is 2.43. The quantitative estimate of drug-likeness (QED) is 0.936. The molecule has 1 N–H and O–H groups in total. The second kappa shape index (κ2) is 4.70. The average Bonchev–Trinajstić information content (AvgIpc) is 3.07. The van der Waals surface area contributed by atoms with Gasteiger partial charge in [-0.1, -0.05) is 6.07 Å². The summed E-state index contributed by atoms with van der Waals surface area (Å²) in [6.07, 6.45) is 6.39. The van der Waals surface area contributed by atoms with Crippen LogP contribution in [-0.2, 0) is 19.6 Å². The molecule has 1 aromatic heterocycles. The monoisotopic (exact) mass is 283 g/mol. The molecule has 0 radical (unpaired) electrons. The van der Waals surface area contributed by atoms with Gasteiger partial charge in [0.1, 0.15) is 0 Å². The van der Waals surface area contributed by atoms with Crippen molar-refractivity contribution in [1.82, 2.24) is 14.5 Å². The topological polar surface area (TPSA) is 58.4 Å². The van der Waals surface area contributed by atoms with Gasteiger partial charge in [0.2, 0.25) is 0 Å². The van der Waals surface area contributed by atoms with Crippen molar-refractivity contribution in [2.24, 2.45) is 0 Å². The molecule has 108 valence electrons. The number of fused-ring (bicyclic) bond motifs is 1. The molecule has 0 atom stereocenters. The summed E-state index contributed by atoms with van der Waals surface area (Å²) >= 11 is 0. The molecule has 1 aromatic carbocycles. The standard InChI is InChI=1S/C16H17N3O2/c20-16(21)11-1-2-12-7-18(8-13(12)5-11)9-15-6-17-10-19(15)14-3-4-14/h1-2,5-6,10,14H,3-4,7-9H2,(H,20,21). The van der Waals surface area contributed by atoms with E-state index in [0.29, 0.717) is 11.6 Å². The van der Waals surface area contributed by atoms with Gasteiger partial charge in [0.05, 0.1) is 17.6 Å². The van der Waals surface area contributed by atoms with E-state index in [1.807, 2.05) is 18.6 Å². The molecule has 0 saturated heterocycles. The zero-order valence-electron chi connectivity index (χ0n) is 11.7. The first-order chi connectivity index (χ1) is 10.2. The predicted molar refractivity (Wildman–Crippen MR) is 76.9 cm³/mol. The number of imidazole rings is 1. The van der Waals surface area contributed by atoms with E-state index in [2.05, 4.69) is 14.5 Å². The van der Waals surface area contributed by atoms with Crippen molar-refractivity contribution >= 4 is 5.97 Å². The summed E-state index contributed by atoms with van der Waals surface area (Å²) < 4.78 is 2.28. The first-order valence-electron chi connectivity index (χ1n) is 7.29. The Kier molecular flexibility index (Phi) is 2.82. The molecular weight excluding hydrogens is 266 g/mol. The number of carboxylic acids is 1. The second-order valence-corrected chi connectivity index (χ2v) is 5.96. The van der Waals surface area contributed by atoms with Crippen molar-refractivity contribution in [3.05, 3.63) is 53.1 Å². The summed E-state index contributed by atoms with van der Waals surface area (Å²) in [5.74, 6) is -0.858. The van der Waals surface area contributed by atoms with E-state index in [1.54, 1.807) is 12.1 Å². The minimum absolute atomic E-state index is 0.374. The maximum absolute atomic E-state index is 11.0. The van der Waals surface area contributed by atoms with Gasteiger partial charge >= 0.3 is 5.97 Å². The molecule has 0 amide bonds. The van der Waals surface area contributed by atoms with Gasteiger partial charge in [-0.3, -0.25) is 4.90 Å². The normalized spacial score (nSPS) is 17.9. The first kappa shape index (κ1) is 12.6. The summed E-state index contributed by atoms with van der Waals surface area (Å²) in [5, 5.41) is 9.07. The average molecular weight is 283 g/mol. The molecule has 2 heterocycles. The van der Waals surface area contributed by atoms with Gasteiger partial charge in [0.15, 0.2) is 0 Å². The summed E-state index contributed by atoms with van der Waals surface area (Å²) in [5.41, 5.74) is 3.99. The Balaban J connectivity index is 1.51. The molecule has 1 saturated carbocycles. The molecule has 1 aliphatic heterocycles. The van der Waals surface area contributed by atoms with Crippen LogP contribution in [0, 0.1) is 0 Å². The molecule has 0 unspecified atom stereocenters. The zero-order valence-corrected chi connectivity index (χ0v) is 11.7. The number of hydrogen-bond acceptors (Lipinski definition) is 3. The molecule has 0 bridgehead atoms. The van der Waals surface area contributed by atoms with Gasteiger partial charge in [-0.05, 0) is 36.1 Å². The van der Waals surface area contributed by atoms with Crippen LogP contribution in [0.5, 0.6) is 0 Å². The van der Waals surface area contributed by atoms with Crippen LogP contribution in [0.15, 0.2) is 30.7 Å². The highest BCUT2D eigenvalue weighted by Gasteiger charge is 2.27. The third-order valence-electron chi connectivity index (χ3n) is 4.31. The Hall–Kier alpha value is -2.14. The SMILES string of the molecule is O=C(O)c1ccc2c(c1)CN(Cc1cncn1C1CC1)C2. The number of rotatable bonds is 4. The van der Waals surface area contributed by atoms with Crippen molar-refractivity contribution in [2.45, 2.75) is 38.5 Å². The zero-order chi connectivity index (χ0) is 14.4. The summed E-state index contributed by atoms with van der Waals surface area (Å²) in [6.45, 7) is 2.56.